The Bertz CT molecular complexity index is 1330. The first-order chi connectivity index (χ1) is 16.7. The molecular formula is C28H31ClFNO4S. The Morgan fingerprint density at radius 2 is 1.64 bits per heavy atom. The van der Waals surface area contributed by atoms with Crippen LogP contribution in [0.25, 0.3) is 22.3 Å². The smallest absolute Gasteiger partial charge is 0.307 e. The highest BCUT2D eigenvalue weighted by Crippen LogP contribution is 2.49. The number of hydrogen-bond acceptors (Lipinski definition) is 3. The molecular weight excluding hydrogens is 501 g/mol. The summed E-state index contributed by atoms with van der Waals surface area (Å²) in [6.07, 6.45) is 1.37. The van der Waals surface area contributed by atoms with Crippen molar-refractivity contribution >= 4 is 34.2 Å². The van der Waals surface area contributed by atoms with Gasteiger partial charge in [-0.05, 0) is 86.2 Å². The molecule has 0 saturated heterocycles. The number of hydrogen-bond donors (Lipinski definition) is 2. The number of carboxylic acids is 1. The second-order valence-corrected chi connectivity index (χ2v) is 11.5. The van der Waals surface area contributed by atoms with Crippen molar-refractivity contribution in [2.45, 2.75) is 53.2 Å². The highest BCUT2D eigenvalue weighted by atomic mass is 35.5. The minimum absolute atomic E-state index is 0.202. The van der Waals surface area contributed by atoms with Gasteiger partial charge in [-0.15, -0.1) is 0 Å². The van der Waals surface area contributed by atoms with Gasteiger partial charge in [-0.2, -0.15) is 0 Å². The molecule has 0 aromatic heterocycles. The maximum absolute atomic E-state index is 15.1. The van der Waals surface area contributed by atoms with E-state index in [1.807, 2.05) is 32.0 Å². The van der Waals surface area contributed by atoms with Crippen LogP contribution in [-0.4, -0.2) is 32.2 Å². The zero-order valence-corrected chi connectivity index (χ0v) is 22.9. The van der Waals surface area contributed by atoms with Gasteiger partial charge in [0.2, 0.25) is 0 Å². The Morgan fingerprint density at radius 1 is 1.06 bits per heavy atom. The highest BCUT2D eigenvalue weighted by molar-refractivity contribution is 7.85. The van der Waals surface area contributed by atoms with Gasteiger partial charge in [-0.1, -0.05) is 35.9 Å². The van der Waals surface area contributed by atoms with Crippen molar-refractivity contribution in [2.75, 3.05) is 10.6 Å². The number of carboxylic acid groups (broad SMARTS) is 1. The lowest BCUT2D eigenvalue weighted by molar-refractivity contribution is -0.136. The number of halogens is 2. The molecule has 1 unspecified atom stereocenters. The summed E-state index contributed by atoms with van der Waals surface area (Å²) in [4.78, 5) is 11.8. The molecule has 192 valence electrons. The largest absolute Gasteiger partial charge is 0.481 e. The van der Waals surface area contributed by atoms with Crippen LogP contribution < -0.4 is 4.31 Å². The average Bonchev–Trinajstić information content (AvgIpc) is 2.76. The molecule has 0 radical (unpaired) electrons. The lowest BCUT2D eigenvalue weighted by atomic mass is 9.81. The summed E-state index contributed by atoms with van der Waals surface area (Å²) in [6, 6.07) is 12.1. The van der Waals surface area contributed by atoms with Crippen LogP contribution in [0.2, 0.25) is 5.02 Å². The maximum atomic E-state index is 15.1. The summed E-state index contributed by atoms with van der Waals surface area (Å²) in [5.74, 6) is -1.32. The highest BCUT2D eigenvalue weighted by Gasteiger charge is 2.33. The molecule has 4 rings (SSSR count). The van der Waals surface area contributed by atoms with Crippen LogP contribution in [0, 0.1) is 19.7 Å². The number of nitrogens with zero attached hydrogens (tertiary/aromatic N) is 1. The first kappa shape index (κ1) is 27.8. The number of carbonyl (C=O) groups is 1. The van der Waals surface area contributed by atoms with Crippen molar-refractivity contribution in [3.05, 3.63) is 75.6 Å². The summed E-state index contributed by atoms with van der Waals surface area (Å²) in [6.45, 7) is 9.21. The first-order valence-corrected chi connectivity index (χ1v) is 13.3. The molecule has 5 nitrogen and oxygen atoms in total. The number of benzene rings is 3. The van der Waals surface area contributed by atoms with Crippen molar-refractivity contribution in [3.63, 3.8) is 0 Å². The SMILES string of the molecule is CC(C)(C)O.Cc1c(-c2ccc(Cl)cc2)c(CC(=O)O)c(C)c2c1-c1c(F)cccc1CN2S(C)=O. The van der Waals surface area contributed by atoms with Crippen LogP contribution >= 0.6 is 11.6 Å². The van der Waals surface area contributed by atoms with E-state index in [1.165, 1.54) is 6.07 Å². The Labute approximate surface area is 219 Å². The van der Waals surface area contributed by atoms with Crippen LogP contribution in [0.3, 0.4) is 0 Å². The lowest BCUT2D eigenvalue weighted by Crippen LogP contribution is -2.30. The number of aliphatic carboxylic acids is 1. The molecule has 1 aliphatic heterocycles. The topological polar surface area (TPSA) is 77.8 Å². The van der Waals surface area contributed by atoms with E-state index in [1.54, 1.807) is 49.5 Å². The van der Waals surface area contributed by atoms with E-state index in [9.17, 15) is 14.1 Å². The molecule has 0 fully saturated rings. The predicted molar refractivity (Wildman–Crippen MR) is 145 cm³/mol. The molecule has 0 amide bonds. The predicted octanol–water partition coefficient (Wildman–Crippen LogP) is 6.45. The number of anilines is 1. The molecule has 1 atom stereocenters. The zero-order chi connectivity index (χ0) is 26.9. The van der Waals surface area contributed by atoms with E-state index in [0.29, 0.717) is 33.0 Å². The minimum Gasteiger partial charge on any atom is -0.481 e. The fourth-order valence-corrected chi connectivity index (χ4v) is 5.41. The van der Waals surface area contributed by atoms with E-state index in [2.05, 4.69) is 0 Å². The van der Waals surface area contributed by atoms with Gasteiger partial charge in [0.1, 0.15) is 16.8 Å². The standard InChI is InChI=1S/C24H21ClFNO3S.C4H10O/c1-13-18(11-20(28)29)21(15-7-9-17(25)10-8-15)14(2)22-23-16(5-4-6-19(23)26)12-27(24(13)22)31(3)30;1-4(2,3)5/h4-10H,11-12H2,1-3H3,(H,28,29);5H,1-3H3. The van der Waals surface area contributed by atoms with Crippen LogP contribution in [0.15, 0.2) is 42.5 Å². The quantitative estimate of drug-likeness (QED) is 0.405. The van der Waals surface area contributed by atoms with Gasteiger partial charge in [-0.3, -0.25) is 9.10 Å². The van der Waals surface area contributed by atoms with Crippen molar-refractivity contribution in [1.82, 2.24) is 0 Å². The molecule has 0 bridgehead atoms. The van der Waals surface area contributed by atoms with Gasteiger partial charge in [-0.25, -0.2) is 8.60 Å². The Balaban J connectivity index is 0.000000658. The van der Waals surface area contributed by atoms with Crippen LogP contribution in [0.1, 0.15) is 43.0 Å². The van der Waals surface area contributed by atoms with Gasteiger partial charge in [0, 0.05) is 22.4 Å². The second kappa shape index (κ2) is 10.7. The summed E-state index contributed by atoms with van der Waals surface area (Å²) < 4.78 is 29.5. The molecule has 0 spiro atoms. The molecule has 36 heavy (non-hydrogen) atoms. The van der Waals surface area contributed by atoms with E-state index in [0.717, 1.165) is 22.3 Å². The fourth-order valence-electron chi connectivity index (χ4n) is 4.48. The lowest BCUT2D eigenvalue weighted by Gasteiger charge is -2.35. The molecule has 1 aliphatic rings. The van der Waals surface area contributed by atoms with Gasteiger partial charge in [0.25, 0.3) is 0 Å². The Morgan fingerprint density at radius 3 is 2.17 bits per heavy atom. The first-order valence-electron chi connectivity index (χ1n) is 11.5. The van der Waals surface area contributed by atoms with Crippen molar-refractivity contribution in [3.8, 4) is 22.3 Å². The minimum atomic E-state index is -1.37. The molecule has 0 aliphatic carbocycles. The maximum Gasteiger partial charge on any atom is 0.307 e. The average molecular weight is 532 g/mol. The van der Waals surface area contributed by atoms with Crippen molar-refractivity contribution in [2.24, 2.45) is 0 Å². The van der Waals surface area contributed by atoms with Gasteiger partial charge < -0.3 is 10.2 Å². The Kier molecular flexibility index (Phi) is 8.28. The number of rotatable bonds is 4. The normalized spacial score (nSPS) is 13.3. The summed E-state index contributed by atoms with van der Waals surface area (Å²) >= 11 is 6.07. The number of aliphatic hydroxyl groups is 1. The third-order valence-corrected chi connectivity index (χ3v) is 6.97. The van der Waals surface area contributed by atoms with Gasteiger partial charge >= 0.3 is 5.97 Å². The van der Waals surface area contributed by atoms with Gasteiger partial charge in [0.15, 0.2) is 0 Å². The van der Waals surface area contributed by atoms with Crippen LogP contribution in [-0.2, 0) is 28.7 Å². The van der Waals surface area contributed by atoms with Crippen LogP contribution in [0.5, 0.6) is 0 Å². The van der Waals surface area contributed by atoms with Crippen molar-refractivity contribution in [1.29, 1.82) is 0 Å². The Hall–Kier alpha value is -2.74. The van der Waals surface area contributed by atoms with E-state index in [4.69, 9.17) is 16.7 Å². The second-order valence-electron chi connectivity index (χ2n) is 9.81. The molecule has 3 aromatic rings. The van der Waals surface area contributed by atoms with Gasteiger partial charge in [0.05, 0.1) is 24.3 Å². The summed E-state index contributed by atoms with van der Waals surface area (Å²) in [5, 5.41) is 18.7. The van der Waals surface area contributed by atoms with E-state index in [-0.39, 0.29) is 18.8 Å². The molecule has 1 heterocycles. The summed E-state index contributed by atoms with van der Waals surface area (Å²) in [5.41, 5.74) is 5.63. The van der Waals surface area contributed by atoms with E-state index < -0.39 is 22.6 Å². The molecule has 3 aromatic carbocycles. The van der Waals surface area contributed by atoms with Crippen molar-refractivity contribution < 1.29 is 23.6 Å². The van der Waals surface area contributed by atoms with Crippen LogP contribution in [0.4, 0.5) is 10.1 Å². The molecule has 2 N–H and O–H groups in total. The van der Waals surface area contributed by atoms with E-state index >= 15 is 4.39 Å². The summed E-state index contributed by atoms with van der Waals surface area (Å²) in [7, 11) is -1.37. The fraction of sp³-hybridized carbons (Fsp3) is 0.321. The number of fused-ring (bicyclic) bond motifs is 3. The zero-order valence-electron chi connectivity index (χ0n) is 21.3. The molecule has 8 heteroatoms. The monoisotopic (exact) mass is 531 g/mol. The third-order valence-electron chi connectivity index (χ3n) is 5.78. The third kappa shape index (κ3) is 5.97. The molecule has 0 saturated carbocycles.